The van der Waals surface area contributed by atoms with Gasteiger partial charge in [-0.15, -0.1) is 23.1 Å². The Labute approximate surface area is 184 Å². The van der Waals surface area contributed by atoms with Gasteiger partial charge >= 0.3 is 5.97 Å². The number of amides is 2. The molecule has 3 rings (SSSR count). The van der Waals surface area contributed by atoms with Gasteiger partial charge in [0.15, 0.2) is 0 Å². The number of hydrogen-bond donors (Lipinski definition) is 2. The smallest absolute Gasteiger partial charge is 0.348 e. The van der Waals surface area contributed by atoms with Gasteiger partial charge in [-0.25, -0.2) is 4.79 Å². The molecule has 3 aromatic rings. The summed E-state index contributed by atoms with van der Waals surface area (Å²) in [5, 5.41) is 14.8. The standard InChI is InChI=1S/C20H17N3O6S2/c1-2-29-20(26)17-9-12-7-13(4-6-15(12)31-17)22-18(24)10-30-16-5-3-11(19(21)25)8-14(16)23(27)28/h3-9H,2,10H2,1H3,(H2,21,25)(H,22,24). The molecule has 0 aliphatic rings. The molecule has 0 saturated carbocycles. The molecule has 1 aromatic heterocycles. The third-order valence-corrected chi connectivity index (χ3v) is 6.23. The number of primary amides is 1. The Morgan fingerprint density at radius 2 is 1.97 bits per heavy atom. The molecular weight excluding hydrogens is 442 g/mol. The fraction of sp³-hybridized carbons (Fsp3) is 0.150. The van der Waals surface area contributed by atoms with Gasteiger partial charge in [0.2, 0.25) is 11.8 Å². The lowest BCUT2D eigenvalue weighted by Crippen LogP contribution is -2.14. The molecule has 1 heterocycles. The predicted molar refractivity (Wildman–Crippen MR) is 119 cm³/mol. The van der Waals surface area contributed by atoms with Gasteiger partial charge in [0.05, 0.1) is 22.2 Å². The molecule has 160 valence electrons. The zero-order valence-electron chi connectivity index (χ0n) is 16.2. The fourth-order valence-electron chi connectivity index (χ4n) is 2.70. The number of fused-ring (bicyclic) bond motifs is 1. The number of carbonyl (C=O) groups is 3. The zero-order valence-corrected chi connectivity index (χ0v) is 17.9. The topological polar surface area (TPSA) is 142 Å². The van der Waals surface area contributed by atoms with E-state index in [4.69, 9.17) is 10.5 Å². The highest BCUT2D eigenvalue weighted by molar-refractivity contribution is 8.00. The highest BCUT2D eigenvalue weighted by Gasteiger charge is 2.18. The van der Waals surface area contributed by atoms with Crippen LogP contribution in [0.1, 0.15) is 27.0 Å². The minimum absolute atomic E-state index is 0.0201. The Morgan fingerprint density at radius 1 is 1.19 bits per heavy atom. The number of hydrogen-bond acceptors (Lipinski definition) is 8. The molecule has 0 unspecified atom stereocenters. The molecule has 0 aliphatic heterocycles. The minimum Gasteiger partial charge on any atom is -0.462 e. The maximum absolute atomic E-state index is 12.3. The lowest BCUT2D eigenvalue weighted by Gasteiger charge is -2.06. The number of thiophene rings is 1. The summed E-state index contributed by atoms with van der Waals surface area (Å²) in [5.41, 5.74) is 5.42. The van der Waals surface area contributed by atoms with Gasteiger partial charge in [-0.1, -0.05) is 0 Å². The number of thioether (sulfide) groups is 1. The lowest BCUT2D eigenvalue weighted by molar-refractivity contribution is -0.387. The molecule has 2 amide bonds. The number of nitrogens with one attached hydrogen (secondary N) is 1. The molecule has 31 heavy (non-hydrogen) atoms. The highest BCUT2D eigenvalue weighted by Crippen LogP contribution is 2.31. The summed E-state index contributed by atoms with van der Waals surface area (Å²) in [6.45, 7) is 2.02. The predicted octanol–water partition coefficient (Wildman–Crippen LogP) is 3.82. The molecule has 0 radical (unpaired) electrons. The Morgan fingerprint density at radius 3 is 2.65 bits per heavy atom. The van der Waals surface area contributed by atoms with Gasteiger partial charge in [0, 0.05) is 22.0 Å². The highest BCUT2D eigenvalue weighted by atomic mass is 32.2. The van der Waals surface area contributed by atoms with E-state index in [0.717, 1.165) is 27.9 Å². The molecule has 0 bridgehead atoms. The summed E-state index contributed by atoms with van der Waals surface area (Å²) < 4.78 is 5.87. The summed E-state index contributed by atoms with van der Waals surface area (Å²) in [6, 6.07) is 10.8. The van der Waals surface area contributed by atoms with Crippen LogP contribution in [-0.2, 0) is 9.53 Å². The van der Waals surface area contributed by atoms with Crippen LogP contribution in [0.15, 0.2) is 47.4 Å². The average molecular weight is 460 g/mol. The van der Waals surface area contributed by atoms with Gasteiger partial charge in [0.25, 0.3) is 5.69 Å². The van der Waals surface area contributed by atoms with Crippen molar-refractivity contribution in [2.75, 3.05) is 17.7 Å². The first-order chi connectivity index (χ1) is 14.8. The number of nitro benzene ring substituents is 1. The summed E-state index contributed by atoms with van der Waals surface area (Å²) in [5.74, 6) is -1.60. The van der Waals surface area contributed by atoms with E-state index in [9.17, 15) is 24.5 Å². The first kappa shape index (κ1) is 22.2. The number of rotatable bonds is 8. The summed E-state index contributed by atoms with van der Waals surface area (Å²) in [4.78, 5) is 46.8. The van der Waals surface area contributed by atoms with Crippen molar-refractivity contribution in [3.05, 3.63) is 63.0 Å². The van der Waals surface area contributed by atoms with E-state index < -0.39 is 16.8 Å². The van der Waals surface area contributed by atoms with E-state index in [2.05, 4.69) is 5.32 Å². The van der Waals surface area contributed by atoms with Crippen LogP contribution in [0.2, 0.25) is 0 Å². The van der Waals surface area contributed by atoms with Crippen LogP contribution in [0.25, 0.3) is 10.1 Å². The van der Waals surface area contributed by atoms with Crippen LogP contribution in [0, 0.1) is 10.1 Å². The van der Waals surface area contributed by atoms with E-state index in [0.29, 0.717) is 10.6 Å². The third-order valence-electron chi connectivity index (χ3n) is 4.08. The third kappa shape index (κ3) is 5.38. The van der Waals surface area contributed by atoms with E-state index in [1.54, 1.807) is 31.2 Å². The van der Waals surface area contributed by atoms with Crippen LogP contribution in [0.3, 0.4) is 0 Å². The normalized spacial score (nSPS) is 10.6. The van der Waals surface area contributed by atoms with Crippen LogP contribution in [0.4, 0.5) is 11.4 Å². The molecule has 9 nitrogen and oxygen atoms in total. The maximum atomic E-state index is 12.3. The monoisotopic (exact) mass is 459 g/mol. The second-order valence-electron chi connectivity index (χ2n) is 6.22. The molecule has 11 heteroatoms. The van der Waals surface area contributed by atoms with Crippen molar-refractivity contribution in [1.82, 2.24) is 0 Å². The van der Waals surface area contributed by atoms with Gasteiger partial charge < -0.3 is 15.8 Å². The Bertz CT molecular complexity index is 1190. The molecule has 0 atom stereocenters. The first-order valence-corrected chi connectivity index (χ1v) is 10.8. The van der Waals surface area contributed by atoms with Crippen molar-refractivity contribution >= 4 is 62.3 Å². The Hall–Kier alpha value is -3.44. The summed E-state index contributed by atoms with van der Waals surface area (Å²) in [7, 11) is 0. The molecular formula is C20H17N3O6S2. The molecule has 3 N–H and O–H groups in total. The number of anilines is 1. The number of nitrogens with two attached hydrogens (primary N) is 1. The minimum atomic E-state index is -0.771. The van der Waals surface area contributed by atoms with Crippen molar-refractivity contribution < 1.29 is 24.0 Å². The van der Waals surface area contributed by atoms with Crippen LogP contribution in [-0.4, -0.2) is 35.1 Å². The Kier molecular flexibility index (Phi) is 6.88. The quantitative estimate of drug-likeness (QED) is 0.226. The van der Waals surface area contributed by atoms with Crippen LogP contribution < -0.4 is 11.1 Å². The van der Waals surface area contributed by atoms with Crippen molar-refractivity contribution in [2.45, 2.75) is 11.8 Å². The van der Waals surface area contributed by atoms with Crippen LogP contribution >= 0.6 is 23.1 Å². The SMILES string of the molecule is CCOC(=O)c1cc2cc(NC(=O)CSc3ccc(C(N)=O)cc3[N+](=O)[O-])ccc2s1. The summed E-state index contributed by atoms with van der Waals surface area (Å²) in [6.07, 6.45) is 0. The number of benzene rings is 2. The molecule has 0 saturated heterocycles. The summed E-state index contributed by atoms with van der Waals surface area (Å²) >= 11 is 2.28. The van der Waals surface area contributed by atoms with Crippen molar-refractivity contribution in [3.63, 3.8) is 0 Å². The van der Waals surface area contributed by atoms with E-state index in [1.165, 1.54) is 23.5 Å². The molecule has 0 spiro atoms. The van der Waals surface area contributed by atoms with Gasteiger partial charge in [-0.3, -0.25) is 19.7 Å². The average Bonchev–Trinajstić information content (AvgIpc) is 3.15. The number of nitro groups is 1. The van der Waals surface area contributed by atoms with Gasteiger partial charge in [0.1, 0.15) is 4.88 Å². The zero-order chi connectivity index (χ0) is 22.5. The van der Waals surface area contributed by atoms with Crippen LogP contribution in [0.5, 0.6) is 0 Å². The fourth-order valence-corrected chi connectivity index (χ4v) is 4.44. The van der Waals surface area contributed by atoms with Crippen molar-refractivity contribution in [2.24, 2.45) is 5.73 Å². The lowest BCUT2D eigenvalue weighted by atomic mass is 10.2. The maximum Gasteiger partial charge on any atom is 0.348 e. The number of ether oxygens (including phenoxy) is 1. The molecule has 0 aliphatic carbocycles. The van der Waals surface area contributed by atoms with Gasteiger partial charge in [-0.2, -0.15) is 0 Å². The molecule has 0 fully saturated rings. The Balaban J connectivity index is 1.68. The second kappa shape index (κ2) is 9.58. The second-order valence-corrected chi connectivity index (χ2v) is 8.33. The van der Waals surface area contributed by atoms with E-state index in [-0.39, 0.29) is 34.4 Å². The van der Waals surface area contributed by atoms with E-state index >= 15 is 0 Å². The number of esters is 1. The largest absolute Gasteiger partial charge is 0.462 e. The number of nitrogens with zero attached hydrogens (tertiary/aromatic N) is 1. The van der Waals surface area contributed by atoms with E-state index in [1.807, 2.05) is 0 Å². The van der Waals surface area contributed by atoms with Gasteiger partial charge in [-0.05, 0) is 48.7 Å². The first-order valence-electron chi connectivity index (χ1n) is 9.00. The number of carbonyl (C=O) groups excluding carboxylic acids is 3. The molecule has 2 aromatic carbocycles. The van der Waals surface area contributed by atoms with Crippen molar-refractivity contribution in [1.29, 1.82) is 0 Å². The van der Waals surface area contributed by atoms with Crippen molar-refractivity contribution in [3.8, 4) is 0 Å².